The summed E-state index contributed by atoms with van der Waals surface area (Å²) in [5.74, 6) is -0.379. The Bertz CT molecular complexity index is 611. The minimum absolute atomic E-state index is 0.0331. The average molecular weight is 333 g/mol. The number of esters is 1. The highest BCUT2D eigenvalue weighted by Gasteiger charge is 2.36. The number of nitrogens with one attached hydrogen (secondary N) is 2. The summed E-state index contributed by atoms with van der Waals surface area (Å²) in [4.78, 5) is 36.5. The van der Waals surface area contributed by atoms with Crippen molar-refractivity contribution in [3.8, 4) is 0 Å². The van der Waals surface area contributed by atoms with Gasteiger partial charge in [-0.05, 0) is 43.0 Å². The van der Waals surface area contributed by atoms with Crippen LogP contribution in [0.4, 0.5) is 11.4 Å². The van der Waals surface area contributed by atoms with Gasteiger partial charge in [-0.15, -0.1) is 0 Å². The van der Waals surface area contributed by atoms with Crippen molar-refractivity contribution in [3.05, 3.63) is 24.3 Å². The lowest BCUT2D eigenvalue weighted by Gasteiger charge is -2.16. The Morgan fingerprint density at radius 1 is 1.25 bits per heavy atom. The van der Waals surface area contributed by atoms with E-state index in [-0.39, 0.29) is 30.2 Å². The topological polar surface area (TPSA) is 87.7 Å². The number of amides is 2. The molecule has 130 valence electrons. The van der Waals surface area contributed by atoms with Crippen LogP contribution in [0.5, 0.6) is 0 Å². The Morgan fingerprint density at radius 3 is 2.38 bits per heavy atom. The van der Waals surface area contributed by atoms with E-state index in [1.807, 2.05) is 0 Å². The fourth-order valence-electron chi connectivity index (χ4n) is 2.36. The molecular weight excluding hydrogens is 310 g/mol. The van der Waals surface area contributed by atoms with Crippen molar-refractivity contribution in [2.45, 2.75) is 25.8 Å². The van der Waals surface area contributed by atoms with Crippen LogP contribution in [0, 0.1) is 5.92 Å². The lowest BCUT2D eigenvalue weighted by Crippen LogP contribution is -2.43. The Morgan fingerprint density at radius 2 is 1.88 bits per heavy atom. The third-order valence-electron chi connectivity index (χ3n) is 4.04. The molecule has 7 heteroatoms. The molecule has 1 fully saturated rings. The smallest absolute Gasteiger partial charge is 0.323 e. The van der Waals surface area contributed by atoms with Gasteiger partial charge in [0.05, 0.1) is 13.7 Å². The minimum Gasteiger partial charge on any atom is -0.468 e. The molecule has 1 atom stereocenters. The first-order chi connectivity index (χ1) is 11.4. The normalized spacial score (nSPS) is 14.6. The summed E-state index contributed by atoms with van der Waals surface area (Å²) in [6, 6.07) is 6.54. The third kappa shape index (κ3) is 4.79. The van der Waals surface area contributed by atoms with Gasteiger partial charge in [0.1, 0.15) is 6.04 Å². The highest BCUT2D eigenvalue weighted by atomic mass is 16.5. The van der Waals surface area contributed by atoms with Crippen LogP contribution in [0.15, 0.2) is 24.3 Å². The molecule has 2 amide bonds. The van der Waals surface area contributed by atoms with Gasteiger partial charge in [-0.1, -0.05) is 0 Å². The molecule has 2 N–H and O–H groups in total. The van der Waals surface area contributed by atoms with Crippen LogP contribution in [-0.2, 0) is 19.1 Å². The maximum atomic E-state index is 12.0. The van der Waals surface area contributed by atoms with E-state index in [2.05, 4.69) is 10.6 Å². The summed E-state index contributed by atoms with van der Waals surface area (Å²) >= 11 is 0. The summed E-state index contributed by atoms with van der Waals surface area (Å²) < 4.78 is 4.75. The molecule has 1 aliphatic carbocycles. The van der Waals surface area contributed by atoms with Crippen LogP contribution in [-0.4, -0.2) is 44.5 Å². The number of anilines is 2. The van der Waals surface area contributed by atoms with Gasteiger partial charge in [0, 0.05) is 25.3 Å². The Balaban J connectivity index is 1.85. The second-order valence-electron chi connectivity index (χ2n) is 5.89. The molecule has 24 heavy (non-hydrogen) atoms. The lowest BCUT2D eigenvalue weighted by molar-refractivity contribution is -0.143. The molecule has 0 heterocycles. The molecule has 7 nitrogen and oxygen atoms in total. The Kier molecular flexibility index (Phi) is 5.92. The third-order valence-corrected chi connectivity index (χ3v) is 4.04. The van der Waals surface area contributed by atoms with Gasteiger partial charge < -0.3 is 15.0 Å². The number of nitrogens with zero attached hydrogens (tertiary/aromatic N) is 1. The first kappa shape index (κ1) is 17.9. The summed E-state index contributed by atoms with van der Waals surface area (Å²) in [5, 5.41) is 5.71. The van der Waals surface area contributed by atoms with Gasteiger partial charge in [0.2, 0.25) is 11.8 Å². The molecule has 0 spiro atoms. The van der Waals surface area contributed by atoms with Crippen LogP contribution in [0.25, 0.3) is 0 Å². The molecule has 0 saturated heterocycles. The number of benzene rings is 1. The zero-order valence-electron chi connectivity index (χ0n) is 14.2. The molecule has 1 aromatic carbocycles. The van der Waals surface area contributed by atoms with Crippen LogP contribution in [0.1, 0.15) is 19.8 Å². The SMILES string of the molecule is COC(=O)[C@@H](NCC(=O)Nc1ccc(N(C)C(C)=O)cc1)C1CC1. The second kappa shape index (κ2) is 7.92. The molecule has 0 aromatic heterocycles. The van der Waals surface area contributed by atoms with Crippen molar-refractivity contribution in [1.82, 2.24) is 5.32 Å². The van der Waals surface area contributed by atoms with Crippen molar-refractivity contribution in [1.29, 1.82) is 0 Å². The maximum Gasteiger partial charge on any atom is 0.323 e. The van der Waals surface area contributed by atoms with Crippen molar-refractivity contribution < 1.29 is 19.1 Å². The summed E-state index contributed by atoms with van der Waals surface area (Å²) in [6.07, 6.45) is 1.94. The molecule has 1 aromatic rings. The zero-order valence-corrected chi connectivity index (χ0v) is 14.2. The molecule has 0 unspecified atom stereocenters. The molecular formula is C17H23N3O4. The van der Waals surface area contributed by atoms with E-state index in [9.17, 15) is 14.4 Å². The van der Waals surface area contributed by atoms with Crippen LogP contribution >= 0.6 is 0 Å². The predicted molar refractivity (Wildman–Crippen MR) is 90.7 cm³/mol. The summed E-state index contributed by atoms with van der Waals surface area (Å²) in [6.45, 7) is 1.52. The predicted octanol–water partition coefficient (Wildman–Crippen LogP) is 1.15. The quantitative estimate of drug-likeness (QED) is 0.731. The molecule has 1 saturated carbocycles. The first-order valence-corrected chi connectivity index (χ1v) is 7.87. The van der Waals surface area contributed by atoms with Crippen molar-refractivity contribution in [2.75, 3.05) is 30.9 Å². The van der Waals surface area contributed by atoms with Crippen molar-refractivity contribution >= 4 is 29.2 Å². The monoisotopic (exact) mass is 333 g/mol. The van der Waals surface area contributed by atoms with Gasteiger partial charge in [-0.25, -0.2) is 0 Å². The van der Waals surface area contributed by atoms with E-state index in [1.54, 1.807) is 31.3 Å². The van der Waals surface area contributed by atoms with E-state index in [1.165, 1.54) is 18.9 Å². The number of carbonyl (C=O) groups excluding carboxylic acids is 3. The van der Waals surface area contributed by atoms with Crippen molar-refractivity contribution in [2.24, 2.45) is 5.92 Å². The van der Waals surface area contributed by atoms with Gasteiger partial charge in [-0.3, -0.25) is 19.7 Å². The van der Waals surface area contributed by atoms with Crippen LogP contribution in [0.3, 0.4) is 0 Å². The van der Waals surface area contributed by atoms with Crippen LogP contribution in [0.2, 0.25) is 0 Å². The van der Waals surface area contributed by atoms with E-state index >= 15 is 0 Å². The molecule has 1 aliphatic rings. The Hall–Kier alpha value is -2.41. The molecule has 2 rings (SSSR count). The molecule has 0 aliphatic heterocycles. The van der Waals surface area contributed by atoms with Crippen LogP contribution < -0.4 is 15.5 Å². The number of hydrogen-bond acceptors (Lipinski definition) is 5. The van der Waals surface area contributed by atoms with Crippen molar-refractivity contribution in [3.63, 3.8) is 0 Å². The lowest BCUT2D eigenvalue weighted by atomic mass is 10.2. The van der Waals surface area contributed by atoms with Gasteiger partial charge >= 0.3 is 5.97 Å². The standard InChI is InChI=1S/C17H23N3O4/c1-11(21)20(2)14-8-6-13(7-9-14)19-15(22)10-18-16(12-4-5-12)17(23)24-3/h6-9,12,16,18H,4-5,10H2,1-3H3,(H,19,22)/t16-/m0/s1. The number of rotatable bonds is 7. The molecule has 0 radical (unpaired) electrons. The number of ether oxygens (including phenoxy) is 1. The largest absolute Gasteiger partial charge is 0.468 e. The van der Waals surface area contributed by atoms with E-state index in [0.29, 0.717) is 5.69 Å². The fraction of sp³-hybridized carbons (Fsp3) is 0.471. The van der Waals surface area contributed by atoms with Gasteiger partial charge in [0.25, 0.3) is 0 Å². The highest BCUT2D eigenvalue weighted by Crippen LogP contribution is 2.33. The summed E-state index contributed by atoms with van der Waals surface area (Å²) in [7, 11) is 3.03. The Labute approximate surface area is 141 Å². The highest BCUT2D eigenvalue weighted by molar-refractivity contribution is 5.94. The molecule has 0 bridgehead atoms. The summed E-state index contributed by atoms with van der Waals surface area (Å²) in [5.41, 5.74) is 1.38. The van der Waals surface area contributed by atoms with E-state index in [4.69, 9.17) is 4.74 Å². The zero-order chi connectivity index (χ0) is 17.7. The fourth-order valence-corrected chi connectivity index (χ4v) is 2.36. The minimum atomic E-state index is -0.424. The maximum absolute atomic E-state index is 12.0. The van der Waals surface area contributed by atoms with Gasteiger partial charge in [0.15, 0.2) is 0 Å². The number of methoxy groups -OCH3 is 1. The average Bonchev–Trinajstić information content (AvgIpc) is 3.39. The van der Waals surface area contributed by atoms with E-state index < -0.39 is 6.04 Å². The first-order valence-electron chi connectivity index (χ1n) is 7.87. The van der Waals surface area contributed by atoms with Gasteiger partial charge in [-0.2, -0.15) is 0 Å². The number of carbonyl (C=O) groups is 3. The number of hydrogen-bond donors (Lipinski definition) is 2. The van der Waals surface area contributed by atoms with E-state index in [0.717, 1.165) is 18.5 Å². The second-order valence-corrected chi connectivity index (χ2v) is 5.89.